The molecule has 2 aromatic carbocycles. The quantitative estimate of drug-likeness (QED) is 0.588. The highest BCUT2D eigenvalue weighted by Gasteiger charge is 2.09. The number of aromatic nitrogens is 1. The van der Waals surface area contributed by atoms with E-state index in [1.807, 2.05) is 6.07 Å². The lowest BCUT2D eigenvalue weighted by Gasteiger charge is -2.12. The summed E-state index contributed by atoms with van der Waals surface area (Å²) < 4.78 is 5.66. The van der Waals surface area contributed by atoms with Gasteiger partial charge < -0.3 is 9.73 Å². The number of hydrogen-bond acceptors (Lipinski definition) is 3. The predicted molar refractivity (Wildman–Crippen MR) is 102 cm³/mol. The van der Waals surface area contributed by atoms with Crippen LogP contribution in [-0.2, 0) is 13.0 Å². The Morgan fingerprint density at radius 3 is 2.52 bits per heavy atom. The minimum atomic E-state index is 0.277. The van der Waals surface area contributed by atoms with Gasteiger partial charge in [-0.1, -0.05) is 55.8 Å². The van der Waals surface area contributed by atoms with Crippen LogP contribution >= 0.6 is 0 Å². The van der Waals surface area contributed by atoms with Crippen LogP contribution in [0.25, 0.3) is 11.5 Å². The molecule has 0 amide bonds. The van der Waals surface area contributed by atoms with Crippen molar-refractivity contribution in [3.63, 3.8) is 0 Å². The number of nitrogens with zero attached hydrogens (tertiary/aromatic N) is 1. The summed E-state index contributed by atoms with van der Waals surface area (Å²) in [4.78, 5) is 4.61. The van der Waals surface area contributed by atoms with Gasteiger partial charge in [0.15, 0.2) is 0 Å². The van der Waals surface area contributed by atoms with Crippen molar-refractivity contribution in [2.75, 3.05) is 0 Å². The Balaban J connectivity index is 1.58. The fourth-order valence-electron chi connectivity index (χ4n) is 2.83. The van der Waals surface area contributed by atoms with Crippen molar-refractivity contribution in [3.05, 3.63) is 77.7 Å². The molecule has 0 aliphatic carbocycles. The molecule has 0 aliphatic heterocycles. The molecular weight excluding hydrogens is 308 g/mol. The van der Waals surface area contributed by atoms with E-state index in [-0.39, 0.29) is 6.04 Å². The summed E-state index contributed by atoms with van der Waals surface area (Å²) >= 11 is 0. The molecule has 3 rings (SSSR count). The Hall–Kier alpha value is -2.39. The van der Waals surface area contributed by atoms with Gasteiger partial charge in [-0.3, -0.25) is 0 Å². The maximum Gasteiger partial charge on any atom is 0.226 e. The van der Waals surface area contributed by atoms with Gasteiger partial charge in [0.05, 0.1) is 5.69 Å². The molecule has 1 N–H and O–H groups in total. The molecule has 0 unspecified atom stereocenters. The molecule has 0 radical (unpaired) electrons. The molecule has 1 atom stereocenters. The first-order valence-corrected chi connectivity index (χ1v) is 9.08. The van der Waals surface area contributed by atoms with E-state index in [1.54, 1.807) is 6.26 Å². The van der Waals surface area contributed by atoms with Crippen molar-refractivity contribution in [3.8, 4) is 11.5 Å². The first kappa shape index (κ1) is 17.4. The van der Waals surface area contributed by atoms with E-state index in [0.29, 0.717) is 12.4 Å². The lowest BCUT2D eigenvalue weighted by Crippen LogP contribution is -2.18. The van der Waals surface area contributed by atoms with E-state index in [0.717, 1.165) is 17.7 Å². The first-order valence-electron chi connectivity index (χ1n) is 9.08. The molecule has 0 spiro atoms. The molecule has 0 aliphatic rings. The molecule has 0 fully saturated rings. The number of unbranched alkanes of at least 4 members (excludes halogenated alkanes) is 1. The second-order valence-electron chi connectivity index (χ2n) is 6.46. The minimum Gasteiger partial charge on any atom is -0.444 e. The van der Waals surface area contributed by atoms with Gasteiger partial charge in [0.1, 0.15) is 6.26 Å². The van der Waals surface area contributed by atoms with E-state index < -0.39 is 0 Å². The second-order valence-corrected chi connectivity index (χ2v) is 6.46. The number of nitrogens with one attached hydrogen (secondary N) is 1. The zero-order chi connectivity index (χ0) is 17.5. The van der Waals surface area contributed by atoms with Gasteiger partial charge in [-0.05, 0) is 43.0 Å². The molecule has 1 heterocycles. The average molecular weight is 334 g/mol. The zero-order valence-electron chi connectivity index (χ0n) is 15.0. The van der Waals surface area contributed by atoms with Crippen molar-refractivity contribution in [1.82, 2.24) is 10.3 Å². The van der Waals surface area contributed by atoms with Crippen molar-refractivity contribution in [2.45, 2.75) is 45.7 Å². The van der Waals surface area contributed by atoms with Gasteiger partial charge in [0, 0.05) is 18.2 Å². The van der Waals surface area contributed by atoms with Gasteiger partial charge in [0.25, 0.3) is 0 Å². The molecule has 3 aromatic rings. The maximum atomic E-state index is 5.66. The average Bonchev–Trinajstić information content (AvgIpc) is 3.14. The lowest BCUT2D eigenvalue weighted by molar-refractivity contribution is 0.553. The smallest absolute Gasteiger partial charge is 0.226 e. The summed E-state index contributed by atoms with van der Waals surface area (Å²) in [5.41, 5.74) is 4.60. The topological polar surface area (TPSA) is 38.1 Å². The molecular formula is C22H26N2O. The number of aryl methyl sites for hydroxylation is 1. The van der Waals surface area contributed by atoms with Crippen molar-refractivity contribution in [1.29, 1.82) is 0 Å². The van der Waals surface area contributed by atoms with Crippen LogP contribution in [0.2, 0.25) is 0 Å². The second kappa shape index (κ2) is 8.63. The third-order valence-electron chi connectivity index (χ3n) is 4.46. The molecule has 0 saturated heterocycles. The summed E-state index contributed by atoms with van der Waals surface area (Å²) in [6.07, 6.45) is 5.33. The summed E-state index contributed by atoms with van der Waals surface area (Å²) in [6.45, 7) is 5.06. The number of rotatable bonds is 8. The SMILES string of the molecule is CCCCc1ccc(-c2nc(CN[C@H](C)c3ccccc3)co2)cc1. The van der Waals surface area contributed by atoms with E-state index in [9.17, 15) is 0 Å². The van der Waals surface area contributed by atoms with Crippen LogP contribution in [-0.4, -0.2) is 4.98 Å². The van der Waals surface area contributed by atoms with Gasteiger partial charge in [-0.25, -0.2) is 4.98 Å². The standard InChI is InChI=1S/C22H26N2O/c1-3-4-8-18-11-13-20(14-12-18)22-24-21(16-25-22)15-23-17(2)19-9-6-5-7-10-19/h5-7,9-14,16-17,23H,3-4,8,15H2,1-2H3/t17-/m1/s1. The third-order valence-corrected chi connectivity index (χ3v) is 4.46. The molecule has 3 heteroatoms. The van der Waals surface area contributed by atoms with E-state index in [4.69, 9.17) is 4.42 Å². The van der Waals surface area contributed by atoms with Crippen molar-refractivity contribution in [2.24, 2.45) is 0 Å². The normalized spacial score (nSPS) is 12.2. The Morgan fingerprint density at radius 2 is 1.80 bits per heavy atom. The number of hydrogen-bond donors (Lipinski definition) is 1. The molecule has 3 nitrogen and oxygen atoms in total. The van der Waals surface area contributed by atoms with Crippen molar-refractivity contribution < 1.29 is 4.42 Å². The lowest BCUT2D eigenvalue weighted by atomic mass is 10.1. The Labute approximate surface area is 150 Å². The first-order chi connectivity index (χ1) is 12.3. The summed E-state index contributed by atoms with van der Waals surface area (Å²) in [6, 6.07) is 19.2. The van der Waals surface area contributed by atoms with E-state index in [1.165, 1.54) is 24.0 Å². The van der Waals surface area contributed by atoms with Gasteiger partial charge in [-0.15, -0.1) is 0 Å². The van der Waals surface area contributed by atoms with Gasteiger partial charge in [-0.2, -0.15) is 0 Å². The van der Waals surface area contributed by atoms with Crippen LogP contribution in [0.1, 0.15) is 49.6 Å². The van der Waals surface area contributed by atoms with E-state index >= 15 is 0 Å². The monoisotopic (exact) mass is 334 g/mol. The zero-order valence-corrected chi connectivity index (χ0v) is 15.0. The van der Waals surface area contributed by atoms with Crippen LogP contribution in [0.4, 0.5) is 0 Å². The van der Waals surface area contributed by atoms with Crippen LogP contribution in [0, 0.1) is 0 Å². The summed E-state index contributed by atoms with van der Waals surface area (Å²) in [5.74, 6) is 0.686. The van der Waals surface area contributed by atoms with Gasteiger partial charge in [0.2, 0.25) is 5.89 Å². The molecule has 0 bridgehead atoms. The molecule has 130 valence electrons. The van der Waals surface area contributed by atoms with Crippen LogP contribution in [0.3, 0.4) is 0 Å². The Bertz CT molecular complexity index is 762. The maximum absolute atomic E-state index is 5.66. The predicted octanol–water partition coefficient (Wildman–Crippen LogP) is 5.54. The summed E-state index contributed by atoms with van der Waals surface area (Å²) in [7, 11) is 0. The molecule has 1 aromatic heterocycles. The largest absolute Gasteiger partial charge is 0.444 e. The number of oxazole rings is 1. The van der Waals surface area contributed by atoms with E-state index in [2.05, 4.69) is 72.7 Å². The highest BCUT2D eigenvalue weighted by molar-refractivity contribution is 5.53. The highest BCUT2D eigenvalue weighted by atomic mass is 16.3. The van der Waals surface area contributed by atoms with Crippen LogP contribution in [0.15, 0.2) is 65.3 Å². The third kappa shape index (κ3) is 4.80. The van der Waals surface area contributed by atoms with Crippen molar-refractivity contribution >= 4 is 0 Å². The Morgan fingerprint density at radius 1 is 1.04 bits per heavy atom. The highest BCUT2D eigenvalue weighted by Crippen LogP contribution is 2.20. The van der Waals surface area contributed by atoms with Crippen LogP contribution < -0.4 is 5.32 Å². The minimum absolute atomic E-state index is 0.277. The number of benzene rings is 2. The fourth-order valence-corrected chi connectivity index (χ4v) is 2.83. The molecule has 0 saturated carbocycles. The Kier molecular flexibility index (Phi) is 6.02. The fraction of sp³-hybridized carbons (Fsp3) is 0.318. The molecule has 25 heavy (non-hydrogen) atoms. The van der Waals surface area contributed by atoms with Crippen LogP contribution in [0.5, 0.6) is 0 Å². The summed E-state index contributed by atoms with van der Waals surface area (Å²) in [5, 5.41) is 3.49. The van der Waals surface area contributed by atoms with Gasteiger partial charge >= 0.3 is 0 Å².